The summed E-state index contributed by atoms with van der Waals surface area (Å²) in [6.45, 7) is 3.62. The molecule has 0 unspecified atom stereocenters. The van der Waals surface area contributed by atoms with E-state index >= 15 is 0 Å². The standard InChI is InChI=1S/C27H23N5O5/c1-16-6-5-8-19(14-16)23(33)29-20-12-10-18(11-13-20)24(34)31-28-15-21-25(35)30-27(37)32(26(21)36)22-9-4-3-7-17(22)2/h3-15,21H,1-2H3,(H,29,33)(H,31,34)(H,30,35,37)/b28-15-/t21-/m1/s1. The summed E-state index contributed by atoms with van der Waals surface area (Å²) in [4.78, 5) is 63.2. The Morgan fingerprint density at radius 3 is 2.32 bits per heavy atom. The Hall–Kier alpha value is -5.12. The highest BCUT2D eigenvalue weighted by molar-refractivity contribution is 6.32. The van der Waals surface area contributed by atoms with Crippen LogP contribution in [-0.2, 0) is 9.59 Å². The van der Waals surface area contributed by atoms with Gasteiger partial charge in [-0.1, -0.05) is 35.9 Å². The van der Waals surface area contributed by atoms with E-state index in [0.29, 0.717) is 22.5 Å². The van der Waals surface area contributed by atoms with Crippen LogP contribution in [0, 0.1) is 19.8 Å². The zero-order valence-electron chi connectivity index (χ0n) is 20.0. The van der Waals surface area contributed by atoms with Crippen molar-refractivity contribution < 1.29 is 24.0 Å². The molecule has 3 N–H and O–H groups in total. The number of rotatable bonds is 6. The van der Waals surface area contributed by atoms with Crippen LogP contribution >= 0.6 is 0 Å². The van der Waals surface area contributed by atoms with E-state index in [2.05, 4.69) is 21.2 Å². The van der Waals surface area contributed by atoms with E-state index in [4.69, 9.17) is 0 Å². The molecule has 186 valence electrons. The number of hydrogen-bond acceptors (Lipinski definition) is 6. The van der Waals surface area contributed by atoms with Crippen molar-refractivity contribution in [2.45, 2.75) is 13.8 Å². The van der Waals surface area contributed by atoms with Gasteiger partial charge >= 0.3 is 6.03 Å². The first-order valence-electron chi connectivity index (χ1n) is 11.3. The summed E-state index contributed by atoms with van der Waals surface area (Å²) in [7, 11) is 0. The highest BCUT2D eigenvalue weighted by Gasteiger charge is 2.41. The Kier molecular flexibility index (Phi) is 7.19. The Morgan fingerprint density at radius 1 is 0.892 bits per heavy atom. The molecule has 1 fully saturated rings. The highest BCUT2D eigenvalue weighted by Crippen LogP contribution is 2.23. The molecule has 0 aliphatic carbocycles. The first kappa shape index (κ1) is 25.0. The van der Waals surface area contributed by atoms with Crippen LogP contribution in [0.5, 0.6) is 0 Å². The van der Waals surface area contributed by atoms with Crippen molar-refractivity contribution in [2.24, 2.45) is 11.0 Å². The minimum absolute atomic E-state index is 0.238. The fourth-order valence-corrected chi connectivity index (χ4v) is 3.69. The SMILES string of the molecule is Cc1cccc(C(=O)Nc2ccc(C(=O)N/N=C\[C@@H]3C(=O)NC(=O)N(c4ccccc4C)C3=O)cc2)c1. The Bertz CT molecular complexity index is 1430. The van der Waals surface area contributed by atoms with Gasteiger partial charge in [-0.3, -0.25) is 24.5 Å². The number of urea groups is 1. The molecule has 0 spiro atoms. The maximum Gasteiger partial charge on any atom is 0.335 e. The number of hydrazone groups is 1. The van der Waals surface area contributed by atoms with Crippen LogP contribution < -0.4 is 21.0 Å². The van der Waals surface area contributed by atoms with E-state index in [9.17, 15) is 24.0 Å². The van der Waals surface area contributed by atoms with Crippen molar-refractivity contribution >= 4 is 47.2 Å². The third kappa shape index (κ3) is 5.59. The summed E-state index contributed by atoms with van der Waals surface area (Å²) >= 11 is 0. The van der Waals surface area contributed by atoms with Gasteiger partial charge in [0.2, 0.25) is 5.91 Å². The lowest BCUT2D eigenvalue weighted by atomic mass is 10.0. The lowest BCUT2D eigenvalue weighted by molar-refractivity contribution is -0.131. The predicted octanol–water partition coefficient (Wildman–Crippen LogP) is 3.17. The lowest BCUT2D eigenvalue weighted by Gasteiger charge is -2.29. The molecule has 0 bridgehead atoms. The van der Waals surface area contributed by atoms with Gasteiger partial charge in [-0.25, -0.2) is 15.1 Å². The smallest absolute Gasteiger partial charge is 0.322 e. The first-order chi connectivity index (χ1) is 17.7. The van der Waals surface area contributed by atoms with Crippen molar-refractivity contribution in [3.8, 4) is 0 Å². The number of carbonyl (C=O) groups is 5. The molecule has 0 saturated carbocycles. The Balaban J connectivity index is 1.39. The summed E-state index contributed by atoms with van der Waals surface area (Å²) < 4.78 is 0. The first-order valence-corrected chi connectivity index (χ1v) is 11.3. The average Bonchev–Trinajstić information content (AvgIpc) is 2.87. The molecule has 37 heavy (non-hydrogen) atoms. The molecule has 10 heteroatoms. The van der Waals surface area contributed by atoms with Gasteiger partial charge in [-0.15, -0.1) is 0 Å². The molecule has 3 aromatic carbocycles. The Labute approximate surface area is 212 Å². The van der Waals surface area contributed by atoms with E-state index in [-0.39, 0.29) is 11.5 Å². The van der Waals surface area contributed by atoms with Gasteiger partial charge in [0.05, 0.1) is 5.69 Å². The minimum atomic E-state index is -1.41. The van der Waals surface area contributed by atoms with Gasteiger partial charge < -0.3 is 5.32 Å². The number of carbonyl (C=O) groups excluding carboxylic acids is 5. The van der Waals surface area contributed by atoms with Crippen LogP contribution in [0.2, 0.25) is 0 Å². The van der Waals surface area contributed by atoms with Crippen molar-refractivity contribution in [3.63, 3.8) is 0 Å². The van der Waals surface area contributed by atoms with Gasteiger partial charge in [0, 0.05) is 23.0 Å². The second kappa shape index (κ2) is 10.6. The fraction of sp³-hybridized carbons (Fsp3) is 0.111. The van der Waals surface area contributed by atoms with Gasteiger partial charge in [-0.2, -0.15) is 5.10 Å². The lowest BCUT2D eigenvalue weighted by Crippen LogP contribution is -2.59. The van der Waals surface area contributed by atoms with Gasteiger partial charge in [0.15, 0.2) is 5.92 Å². The second-order valence-corrected chi connectivity index (χ2v) is 8.35. The quantitative estimate of drug-likeness (QED) is 0.273. The van der Waals surface area contributed by atoms with Gasteiger partial charge in [-0.05, 0) is 61.9 Å². The Morgan fingerprint density at radius 2 is 1.62 bits per heavy atom. The number of nitrogens with zero attached hydrogens (tertiary/aromatic N) is 2. The van der Waals surface area contributed by atoms with Crippen LogP contribution in [0.4, 0.5) is 16.2 Å². The van der Waals surface area contributed by atoms with E-state index < -0.39 is 29.7 Å². The topological polar surface area (TPSA) is 137 Å². The number of imide groups is 2. The fourth-order valence-electron chi connectivity index (χ4n) is 3.69. The van der Waals surface area contributed by atoms with Crippen molar-refractivity contribution in [1.82, 2.24) is 10.7 Å². The van der Waals surface area contributed by atoms with Gasteiger partial charge in [0.1, 0.15) is 0 Å². The average molecular weight is 498 g/mol. The third-order valence-corrected chi connectivity index (χ3v) is 5.63. The molecule has 6 amide bonds. The van der Waals surface area contributed by atoms with Crippen LogP contribution in [0.15, 0.2) is 77.9 Å². The molecule has 1 heterocycles. The molecule has 10 nitrogen and oxygen atoms in total. The second-order valence-electron chi connectivity index (χ2n) is 8.35. The highest BCUT2D eigenvalue weighted by atomic mass is 16.2. The van der Waals surface area contributed by atoms with E-state index in [1.807, 2.05) is 13.0 Å². The number of benzene rings is 3. The third-order valence-electron chi connectivity index (χ3n) is 5.63. The number of barbiturate groups is 1. The summed E-state index contributed by atoms with van der Waals surface area (Å²) in [5.74, 6) is -3.90. The molecular weight excluding hydrogens is 474 g/mol. The van der Waals surface area contributed by atoms with Crippen molar-refractivity contribution in [1.29, 1.82) is 0 Å². The maximum atomic E-state index is 12.9. The van der Waals surface area contributed by atoms with Crippen molar-refractivity contribution in [3.05, 3.63) is 95.1 Å². The molecule has 1 atom stereocenters. The number of hydrogen-bond donors (Lipinski definition) is 3. The zero-order valence-corrected chi connectivity index (χ0v) is 20.0. The largest absolute Gasteiger partial charge is 0.335 e. The summed E-state index contributed by atoms with van der Waals surface area (Å²) in [6.07, 6.45) is 0.976. The summed E-state index contributed by atoms with van der Waals surface area (Å²) in [5.41, 5.74) is 5.49. The normalized spacial score (nSPS) is 15.5. The minimum Gasteiger partial charge on any atom is -0.322 e. The number of para-hydroxylation sites is 1. The molecule has 0 aromatic heterocycles. The molecule has 3 aromatic rings. The van der Waals surface area contributed by atoms with Crippen LogP contribution in [0.25, 0.3) is 0 Å². The number of aryl methyl sites for hydroxylation is 2. The number of nitrogens with one attached hydrogen (secondary N) is 3. The van der Waals surface area contributed by atoms with Crippen LogP contribution in [0.1, 0.15) is 31.8 Å². The van der Waals surface area contributed by atoms with E-state index in [1.54, 1.807) is 61.5 Å². The summed E-state index contributed by atoms with van der Waals surface area (Å²) in [5, 5.41) is 8.64. The monoisotopic (exact) mass is 497 g/mol. The maximum absolute atomic E-state index is 12.9. The molecule has 4 rings (SSSR count). The van der Waals surface area contributed by atoms with Crippen LogP contribution in [-0.4, -0.2) is 35.9 Å². The van der Waals surface area contributed by atoms with Crippen LogP contribution in [0.3, 0.4) is 0 Å². The molecule has 0 radical (unpaired) electrons. The number of anilines is 2. The molecule has 1 saturated heterocycles. The predicted molar refractivity (Wildman–Crippen MR) is 137 cm³/mol. The van der Waals surface area contributed by atoms with Gasteiger partial charge in [0.25, 0.3) is 17.7 Å². The van der Waals surface area contributed by atoms with E-state index in [0.717, 1.165) is 16.7 Å². The summed E-state index contributed by atoms with van der Waals surface area (Å²) in [6, 6.07) is 19.2. The van der Waals surface area contributed by atoms with Crippen molar-refractivity contribution in [2.75, 3.05) is 10.2 Å². The van der Waals surface area contributed by atoms with E-state index in [1.165, 1.54) is 12.1 Å². The zero-order chi connectivity index (χ0) is 26.5. The molecule has 1 aliphatic heterocycles. The number of amides is 6. The molecule has 1 aliphatic rings. The molecular formula is C27H23N5O5.